The molecule has 1 fully saturated rings. The van der Waals surface area contributed by atoms with Crippen LogP contribution in [0.5, 0.6) is 0 Å². The summed E-state index contributed by atoms with van der Waals surface area (Å²) in [5, 5.41) is 2.83. The Labute approximate surface area is 79.2 Å². The van der Waals surface area contributed by atoms with E-state index in [2.05, 4.69) is 17.3 Å². The lowest BCUT2D eigenvalue weighted by Gasteiger charge is -2.18. The van der Waals surface area contributed by atoms with Gasteiger partial charge in [0.25, 0.3) is 0 Å². The van der Waals surface area contributed by atoms with Crippen LogP contribution in [0.4, 0.5) is 0 Å². The van der Waals surface area contributed by atoms with E-state index in [-0.39, 0.29) is 5.91 Å². The quantitative estimate of drug-likeness (QED) is 0.666. The molecule has 0 spiro atoms. The van der Waals surface area contributed by atoms with Crippen molar-refractivity contribution in [2.45, 2.75) is 25.5 Å². The van der Waals surface area contributed by atoms with Crippen molar-refractivity contribution in [1.82, 2.24) is 10.2 Å². The zero-order chi connectivity index (χ0) is 9.84. The van der Waals surface area contributed by atoms with Gasteiger partial charge in [-0.05, 0) is 13.5 Å². The van der Waals surface area contributed by atoms with Gasteiger partial charge in [0.2, 0.25) is 5.91 Å². The number of likely N-dealkylation sites (N-methyl/N-ethyl adjacent to an activating group) is 1. The number of rotatable bonds is 3. The van der Waals surface area contributed by atoms with Gasteiger partial charge < -0.3 is 10.1 Å². The van der Waals surface area contributed by atoms with E-state index in [0.717, 1.165) is 19.5 Å². The fourth-order valence-electron chi connectivity index (χ4n) is 1.70. The van der Waals surface area contributed by atoms with Gasteiger partial charge in [0.05, 0.1) is 6.10 Å². The highest BCUT2D eigenvalue weighted by Gasteiger charge is 2.28. The second-order valence-electron chi connectivity index (χ2n) is 3.62. The highest BCUT2D eigenvalue weighted by Crippen LogP contribution is 2.16. The molecule has 0 aromatic rings. The number of nitrogens with one attached hydrogen (secondary N) is 1. The monoisotopic (exact) mass is 186 g/mol. The molecule has 0 aromatic heterocycles. The summed E-state index contributed by atoms with van der Waals surface area (Å²) in [5.74, 6) is 0.0364. The van der Waals surface area contributed by atoms with Gasteiger partial charge in [-0.2, -0.15) is 0 Å². The summed E-state index contributed by atoms with van der Waals surface area (Å²) in [4.78, 5) is 12.9. The maximum Gasteiger partial charge on any atom is 0.216 e. The molecular formula is C9H18N2O2. The summed E-state index contributed by atoms with van der Waals surface area (Å²) in [6.07, 6.45) is 1.33. The molecule has 1 saturated heterocycles. The van der Waals surface area contributed by atoms with Gasteiger partial charge in [-0.25, -0.2) is 0 Å². The Kier molecular flexibility index (Phi) is 3.69. The molecule has 1 aliphatic heterocycles. The molecule has 4 heteroatoms. The second kappa shape index (κ2) is 4.58. The minimum atomic E-state index is 0.0364. The van der Waals surface area contributed by atoms with Crippen LogP contribution in [0, 0.1) is 0 Å². The number of ether oxygens (including phenoxy) is 1. The number of amides is 1. The Balaban J connectivity index is 2.30. The Morgan fingerprint density at radius 1 is 1.69 bits per heavy atom. The first kappa shape index (κ1) is 10.5. The Bertz CT molecular complexity index is 184. The van der Waals surface area contributed by atoms with E-state index in [9.17, 15) is 4.79 Å². The van der Waals surface area contributed by atoms with Crippen molar-refractivity contribution in [3.8, 4) is 0 Å². The molecule has 76 valence electrons. The molecule has 0 unspecified atom stereocenters. The Morgan fingerprint density at radius 3 is 2.85 bits per heavy atom. The molecule has 0 aliphatic carbocycles. The van der Waals surface area contributed by atoms with E-state index < -0.39 is 0 Å². The summed E-state index contributed by atoms with van der Waals surface area (Å²) >= 11 is 0. The van der Waals surface area contributed by atoms with Crippen molar-refractivity contribution < 1.29 is 9.53 Å². The molecule has 1 rings (SSSR count). The summed E-state index contributed by atoms with van der Waals surface area (Å²) < 4.78 is 5.26. The van der Waals surface area contributed by atoms with Crippen molar-refractivity contribution in [2.75, 3.05) is 27.2 Å². The summed E-state index contributed by atoms with van der Waals surface area (Å²) in [5.41, 5.74) is 0. The lowest BCUT2D eigenvalue weighted by Crippen LogP contribution is -2.37. The molecule has 1 amide bonds. The molecule has 1 aliphatic rings. The molecule has 1 N–H and O–H groups in total. The van der Waals surface area contributed by atoms with Gasteiger partial charge in [-0.3, -0.25) is 9.69 Å². The van der Waals surface area contributed by atoms with Gasteiger partial charge in [0.1, 0.15) is 0 Å². The zero-order valence-corrected chi connectivity index (χ0v) is 8.54. The summed E-state index contributed by atoms with van der Waals surface area (Å²) in [6, 6.07) is 0.425. The van der Waals surface area contributed by atoms with Crippen LogP contribution in [0.2, 0.25) is 0 Å². The molecule has 0 aromatic carbocycles. The molecule has 4 nitrogen and oxygen atoms in total. The van der Waals surface area contributed by atoms with E-state index in [1.165, 1.54) is 0 Å². The third kappa shape index (κ3) is 2.97. The normalized spacial score (nSPS) is 29.2. The van der Waals surface area contributed by atoms with E-state index in [4.69, 9.17) is 4.74 Å². The first-order valence-electron chi connectivity index (χ1n) is 4.61. The SMILES string of the molecule is CO[C@H]1C[C@@H](CNC(C)=O)N(C)C1. The van der Waals surface area contributed by atoms with Crippen LogP contribution in [0.3, 0.4) is 0 Å². The fraction of sp³-hybridized carbons (Fsp3) is 0.889. The second-order valence-corrected chi connectivity index (χ2v) is 3.62. The molecular weight excluding hydrogens is 168 g/mol. The van der Waals surface area contributed by atoms with Gasteiger partial charge in [0.15, 0.2) is 0 Å². The maximum absolute atomic E-state index is 10.7. The first-order valence-corrected chi connectivity index (χ1v) is 4.61. The topological polar surface area (TPSA) is 41.6 Å². The fourth-order valence-corrected chi connectivity index (χ4v) is 1.70. The smallest absolute Gasteiger partial charge is 0.216 e. The van der Waals surface area contributed by atoms with Gasteiger partial charge >= 0.3 is 0 Å². The molecule has 0 radical (unpaired) electrons. The van der Waals surface area contributed by atoms with Crippen molar-refractivity contribution in [3.63, 3.8) is 0 Å². The van der Waals surface area contributed by atoms with Gasteiger partial charge in [-0.1, -0.05) is 0 Å². The number of nitrogens with zero attached hydrogens (tertiary/aromatic N) is 1. The predicted molar refractivity (Wildman–Crippen MR) is 50.5 cm³/mol. The number of carbonyl (C=O) groups excluding carboxylic acids is 1. The minimum Gasteiger partial charge on any atom is -0.380 e. The first-order chi connectivity index (χ1) is 6.13. The predicted octanol–water partition coefficient (Wildman–Crippen LogP) is -0.158. The largest absolute Gasteiger partial charge is 0.380 e. The molecule has 1 heterocycles. The number of likely N-dealkylation sites (tertiary alicyclic amines) is 1. The average Bonchev–Trinajstić information content (AvgIpc) is 2.43. The highest BCUT2D eigenvalue weighted by atomic mass is 16.5. The minimum absolute atomic E-state index is 0.0364. The van der Waals surface area contributed by atoms with Crippen molar-refractivity contribution in [2.24, 2.45) is 0 Å². The molecule has 0 bridgehead atoms. The summed E-state index contributed by atoms with van der Waals surface area (Å²) in [7, 11) is 3.80. The third-order valence-electron chi connectivity index (χ3n) is 2.57. The van der Waals surface area contributed by atoms with E-state index in [1.807, 2.05) is 0 Å². The zero-order valence-electron chi connectivity index (χ0n) is 8.54. The average molecular weight is 186 g/mol. The standard InChI is InChI=1S/C9H18N2O2/c1-7(12)10-5-8-4-9(13-3)6-11(8)2/h8-9H,4-6H2,1-3H3,(H,10,12)/t8-,9-/m0/s1. The van der Waals surface area contributed by atoms with Crippen molar-refractivity contribution in [1.29, 1.82) is 0 Å². The molecule has 0 saturated carbocycles. The van der Waals surface area contributed by atoms with Crippen LogP contribution in [0.25, 0.3) is 0 Å². The van der Waals surface area contributed by atoms with E-state index in [1.54, 1.807) is 14.0 Å². The third-order valence-corrected chi connectivity index (χ3v) is 2.57. The van der Waals surface area contributed by atoms with Crippen LogP contribution in [0.1, 0.15) is 13.3 Å². The van der Waals surface area contributed by atoms with Crippen LogP contribution in [0.15, 0.2) is 0 Å². The van der Waals surface area contributed by atoms with Crippen LogP contribution < -0.4 is 5.32 Å². The Morgan fingerprint density at radius 2 is 2.38 bits per heavy atom. The van der Waals surface area contributed by atoms with Gasteiger partial charge in [0, 0.05) is 33.2 Å². The lowest BCUT2D eigenvalue weighted by atomic mass is 10.2. The van der Waals surface area contributed by atoms with Crippen LogP contribution >= 0.6 is 0 Å². The summed E-state index contributed by atoms with van der Waals surface area (Å²) in [6.45, 7) is 3.23. The number of hydrogen-bond donors (Lipinski definition) is 1. The molecule has 2 atom stereocenters. The van der Waals surface area contributed by atoms with E-state index in [0.29, 0.717) is 12.1 Å². The lowest BCUT2D eigenvalue weighted by molar-refractivity contribution is -0.119. The Hall–Kier alpha value is -0.610. The highest BCUT2D eigenvalue weighted by molar-refractivity contribution is 5.72. The number of methoxy groups -OCH3 is 1. The maximum atomic E-state index is 10.7. The van der Waals surface area contributed by atoms with Crippen LogP contribution in [-0.2, 0) is 9.53 Å². The number of hydrogen-bond acceptors (Lipinski definition) is 3. The van der Waals surface area contributed by atoms with E-state index >= 15 is 0 Å². The van der Waals surface area contributed by atoms with Crippen molar-refractivity contribution in [3.05, 3.63) is 0 Å². The van der Waals surface area contributed by atoms with Gasteiger partial charge in [-0.15, -0.1) is 0 Å². The number of carbonyl (C=O) groups is 1. The van der Waals surface area contributed by atoms with Crippen molar-refractivity contribution >= 4 is 5.91 Å². The van der Waals surface area contributed by atoms with Crippen LogP contribution in [-0.4, -0.2) is 50.2 Å². The molecule has 13 heavy (non-hydrogen) atoms.